The third kappa shape index (κ3) is 3.26. The van der Waals surface area contributed by atoms with Crippen LogP contribution in [-0.2, 0) is 14.8 Å². The van der Waals surface area contributed by atoms with Crippen LogP contribution in [0.25, 0.3) is 0 Å². The van der Waals surface area contributed by atoms with Crippen molar-refractivity contribution in [3.63, 3.8) is 0 Å². The van der Waals surface area contributed by atoms with Crippen LogP contribution in [-0.4, -0.2) is 30.5 Å². The summed E-state index contributed by atoms with van der Waals surface area (Å²) < 4.78 is 25.9. The number of sulfonamides is 1. The van der Waals surface area contributed by atoms with Gasteiger partial charge in [0.15, 0.2) is 4.90 Å². The van der Waals surface area contributed by atoms with Crippen LogP contribution in [0.3, 0.4) is 0 Å². The highest BCUT2D eigenvalue weighted by atomic mass is 32.2. The number of aryl methyl sites for hydroxylation is 1. The van der Waals surface area contributed by atoms with E-state index in [1.54, 1.807) is 0 Å². The number of rotatable bonds is 5. The van der Waals surface area contributed by atoms with Crippen molar-refractivity contribution < 1.29 is 23.2 Å². The predicted octanol–water partition coefficient (Wildman–Crippen LogP) is 0.655. The lowest BCUT2D eigenvalue weighted by atomic mass is 10.2. The van der Waals surface area contributed by atoms with Gasteiger partial charge in [-0.2, -0.15) is 4.72 Å². The molecule has 0 fully saturated rings. The van der Waals surface area contributed by atoms with Crippen molar-refractivity contribution in [2.45, 2.75) is 24.8 Å². The van der Waals surface area contributed by atoms with Crippen LogP contribution < -0.4 is 4.72 Å². The van der Waals surface area contributed by atoms with Gasteiger partial charge in [-0.15, -0.1) is 0 Å². The first-order valence-electron chi connectivity index (χ1n) is 5.16. The summed E-state index contributed by atoms with van der Waals surface area (Å²) in [7, 11) is -4.28. The minimum atomic E-state index is -4.28. The Kier molecular flexibility index (Phi) is 4.22. The van der Waals surface area contributed by atoms with Gasteiger partial charge < -0.3 is 5.11 Å². The van der Waals surface area contributed by atoms with E-state index < -0.39 is 37.5 Å². The predicted molar refractivity (Wildman–Crippen MR) is 65.3 cm³/mol. The molecular weight excluding hydrogens is 276 g/mol. The average Bonchev–Trinajstić information content (AvgIpc) is 2.27. The van der Waals surface area contributed by atoms with E-state index in [-0.39, 0.29) is 5.56 Å². The molecule has 1 aromatic carbocycles. The van der Waals surface area contributed by atoms with E-state index in [1.165, 1.54) is 19.1 Å². The number of hydrogen-bond donors (Lipinski definition) is 2. The molecule has 104 valence electrons. The zero-order valence-corrected chi connectivity index (χ0v) is 11.0. The molecule has 0 saturated heterocycles. The molecule has 0 aliphatic heterocycles. The number of nitro benzene ring substituents is 1. The number of carboxylic acids is 1. The van der Waals surface area contributed by atoms with Crippen LogP contribution in [0.15, 0.2) is 23.1 Å². The lowest BCUT2D eigenvalue weighted by molar-refractivity contribution is -0.387. The number of hydrogen-bond acceptors (Lipinski definition) is 5. The fraction of sp³-hybridized carbons (Fsp3) is 0.300. The summed E-state index contributed by atoms with van der Waals surface area (Å²) >= 11 is 0. The lowest BCUT2D eigenvalue weighted by Crippen LogP contribution is -2.38. The fourth-order valence-corrected chi connectivity index (χ4v) is 3.07. The molecule has 1 aromatic rings. The van der Waals surface area contributed by atoms with E-state index >= 15 is 0 Å². The van der Waals surface area contributed by atoms with Gasteiger partial charge in [-0.05, 0) is 19.4 Å². The van der Waals surface area contributed by atoms with Crippen LogP contribution >= 0.6 is 0 Å². The molecule has 1 atom stereocenters. The summed E-state index contributed by atoms with van der Waals surface area (Å²) in [4.78, 5) is 20.1. The van der Waals surface area contributed by atoms with Gasteiger partial charge in [0.1, 0.15) is 6.04 Å². The molecule has 0 bridgehead atoms. The largest absolute Gasteiger partial charge is 0.480 e. The Bertz CT molecular complexity index is 625. The lowest BCUT2D eigenvalue weighted by Gasteiger charge is -2.12. The van der Waals surface area contributed by atoms with Crippen LogP contribution in [0.5, 0.6) is 0 Å². The van der Waals surface area contributed by atoms with Gasteiger partial charge >= 0.3 is 5.97 Å². The van der Waals surface area contributed by atoms with E-state index in [9.17, 15) is 23.3 Å². The molecule has 0 spiro atoms. The number of nitrogens with one attached hydrogen (secondary N) is 1. The van der Waals surface area contributed by atoms with Gasteiger partial charge in [0, 0.05) is 6.07 Å². The van der Waals surface area contributed by atoms with Gasteiger partial charge in [0.05, 0.1) is 4.92 Å². The maximum atomic E-state index is 12.0. The Balaban J connectivity index is 3.36. The van der Waals surface area contributed by atoms with E-state index in [1.807, 2.05) is 4.72 Å². The number of aliphatic carboxylic acids is 1. The van der Waals surface area contributed by atoms with Crippen molar-refractivity contribution in [2.24, 2.45) is 0 Å². The quantitative estimate of drug-likeness (QED) is 0.605. The minimum absolute atomic E-state index is 0.166. The number of nitro groups is 1. The van der Waals surface area contributed by atoms with Crippen LogP contribution in [0.4, 0.5) is 5.69 Å². The van der Waals surface area contributed by atoms with Gasteiger partial charge in [0.25, 0.3) is 5.69 Å². The van der Waals surface area contributed by atoms with Crippen molar-refractivity contribution in [3.05, 3.63) is 33.9 Å². The van der Waals surface area contributed by atoms with E-state index in [0.717, 1.165) is 13.0 Å². The van der Waals surface area contributed by atoms with Gasteiger partial charge in [-0.3, -0.25) is 14.9 Å². The average molecular weight is 288 g/mol. The second-order valence-corrected chi connectivity index (χ2v) is 5.51. The number of carboxylic acid groups (broad SMARTS) is 1. The van der Waals surface area contributed by atoms with E-state index in [4.69, 9.17) is 5.11 Å². The second kappa shape index (κ2) is 5.33. The molecular formula is C10H12N2O6S. The molecule has 0 aliphatic rings. The molecule has 0 aliphatic carbocycles. The highest BCUT2D eigenvalue weighted by Crippen LogP contribution is 2.26. The highest BCUT2D eigenvalue weighted by molar-refractivity contribution is 7.89. The third-order valence-electron chi connectivity index (χ3n) is 2.36. The van der Waals surface area contributed by atoms with Crippen LogP contribution in [0.1, 0.15) is 12.5 Å². The Morgan fingerprint density at radius 2 is 2.05 bits per heavy atom. The maximum Gasteiger partial charge on any atom is 0.321 e. The molecule has 0 heterocycles. The number of nitrogens with zero attached hydrogens (tertiary/aromatic N) is 1. The molecule has 0 saturated carbocycles. The summed E-state index contributed by atoms with van der Waals surface area (Å²) in [5.41, 5.74) is -0.427. The number of benzene rings is 1. The second-order valence-electron chi connectivity index (χ2n) is 3.86. The number of carbonyl (C=O) groups is 1. The molecule has 19 heavy (non-hydrogen) atoms. The van der Waals surface area contributed by atoms with Crippen molar-refractivity contribution in [1.29, 1.82) is 0 Å². The van der Waals surface area contributed by atoms with Crippen LogP contribution in [0, 0.1) is 17.0 Å². The summed E-state index contributed by atoms with van der Waals surface area (Å²) in [5.74, 6) is -1.38. The van der Waals surface area contributed by atoms with Gasteiger partial charge in [-0.1, -0.05) is 12.1 Å². The Labute approximate surface area is 109 Å². The van der Waals surface area contributed by atoms with Crippen molar-refractivity contribution in [3.8, 4) is 0 Å². The van der Waals surface area contributed by atoms with E-state index in [2.05, 4.69) is 0 Å². The van der Waals surface area contributed by atoms with Crippen LogP contribution in [0.2, 0.25) is 0 Å². The molecule has 0 aromatic heterocycles. The third-order valence-corrected chi connectivity index (χ3v) is 4.09. The summed E-state index contributed by atoms with van der Waals surface area (Å²) in [6.45, 7) is 2.52. The molecule has 8 nitrogen and oxygen atoms in total. The molecule has 0 amide bonds. The van der Waals surface area contributed by atoms with E-state index in [0.29, 0.717) is 0 Å². The monoisotopic (exact) mass is 288 g/mol. The first-order chi connectivity index (χ1) is 8.66. The zero-order chi connectivity index (χ0) is 14.8. The van der Waals surface area contributed by atoms with Crippen molar-refractivity contribution >= 4 is 21.7 Å². The smallest absolute Gasteiger partial charge is 0.321 e. The molecule has 2 N–H and O–H groups in total. The summed E-state index contributed by atoms with van der Waals surface area (Å²) in [6.07, 6.45) is 0. The molecule has 1 rings (SSSR count). The Hall–Kier alpha value is -2.00. The topological polar surface area (TPSA) is 127 Å². The van der Waals surface area contributed by atoms with Gasteiger partial charge in [0.2, 0.25) is 10.0 Å². The van der Waals surface area contributed by atoms with Crippen molar-refractivity contribution in [2.75, 3.05) is 0 Å². The Morgan fingerprint density at radius 1 is 1.47 bits per heavy atom. The summed E-state index contributed by atoms with van der Waals surface area (Å²) in [5, 5.41) is 19.5. The molecule has 1 unspecified atom stereocenters. The van der Waals surface area contributed by atoms with Gasteiger partial charge in [-0.25, -0.2) is 8.42 Å². The highest BCUT2D eigenvalue weighted by Gasteiger charge is 2.30. The molecule has 9 heteroatoms. The zero-order valence-electron chi connectivity index (χ0n) is 10.2. The molecule has 0 radical (unpaired) electrons. The Morgan fingerprint density at radius 3 is 2.53 bits per heavy atom. The first kappa shape index (κ1) is 15.1. The first-order valence-corrected chi connectivity index (χ1v) is 6.64. The summed E-state index contributed by atoms with van der Waals surface area (Å²) in [6, 6.07) is 2.41. The normalized spacial score (nSPS) is 12.9. The SMILES string of the molecule is Cc1cccc([N+](=O)[O-])c1S(=O)(=O)NC(C)C(=O)O. The maximum absolute atomic E-state index is 12.0. The minimum Gasteiger partial charge on any atom is -0.480 e. The van der Waals surface area contributed by atoms with Crippen molar-refractivity contribution in [1.82, 2.24) is 4.72 Å². The fourth-order valence-electron chi connectivity index (χ4n) is 1.47. The standard InChI is InChI=1S/C10H12N2O6S/c1-6-4-3-5-8(12(15)16)9(6)19(17,18)11-7(2)10(13)14/h3-5,7,11H,1-2H3,(H,13,14).